The molecule has 0 saturated heterocycles. The summed E-state index contributed by atoms with van der Waals surface area (Å²) in [6, 6.07) is 6.65. The minimum atomic E-state index is 1.24. The topological polar surface area (TPSA) is 0 Å². The highest BCUT2D eigenvalue weighted by atomic mass is 14.3. The molecule has 0 heterocycles. The van der Waals surface area contributed by atoms with Crippen LogP contribution in [0, 0.1) is 0 Å². The molecule has 1 aromatic carbocycles. The first-order chi connectivity index (χ1) is 6.79. The average molecular weight is 182 g/mol. The zero-order valence-corrected chi connectivity index (χ0v) is 8.56. The van der Waals surface area contributed by atoms with Crippen molar-refractivity contribution in [1.29, 1.82) is 0 Å². The summed E-state index contributed by atoms with van der Waals surface area (Å²) in [7, 11) is 0. The van der Waals surface area contributed by atoms with Crippen molar-refractivity contribution in [1.82, 2.24) is 0 Å². The Morgan fingerprint density at radius 1 is 1.21 bits per heavy atom. The molecule has 1 aromatic rings. The van der Waals surface area contributed by atoms with E-state index in [0.29, 0.717) is 0 Å². The van der Waals surface area contributed by atoms with Crippen molar-refractivity contribution in [2.45, 2.75) is 26.2 Å². The van der Waals surface area contributed by atoms with E-state index < -0.39 is 0 Å². The second kappa shape index (κ2) is 2.60. The van der Waals surface area contributed by atoms with Crippen LogP contribution in [0.2, 0.25) is 0 Å². The lowest BCUT2D eigenvalue weighted by molar-refractivity contribution is 0.822. The van der Waals surface area contributed by atoms with E-state index in [0.717, 1.165) is 0 Å². The first kappa shape index (κ1) is 8.05. The molecule has 70 valence electrons. The Morgan fingerprint density at radius 2 is 2.07 bits per heavy atom. The third-order valence-corrected chi connectivity index (χ3v) is 3.56. The molecule has 0 aromatic heterocycles. The van der Waals surface area contributed by atoms with Gasteiger partial charge in [-0.15, -0.1) is 0 Å². The molecule has 0 radical (unpaired) electrons. The van der Waals surface area contributed by atoms with Gasteiger partial charge in [0.25, 0.3) is 0 Å². The van der Waals surface area contributed by atoms with Gasteiger partial charge >= 0.3 is 0 Å². The Labute approximate surface area is 85.0 Å². The van der Waals surface area contributed by atoms with Crippen LogP contribution < -0.4 is 0 Å². The molecule has 2 aliphatic rings. The van der Waals surface area contributed by atoms with Gasteiger partial charge in [0.05, 0.1) is 0 Å². The number of rotatable bonds is 0. The van der Waals surface area contributed by atoms with Gasteiger partial charge in [0, 0.05) is 0 Å². The number of aryl methyl sites for hydroxylation is 1. The van der Waals surface area contributed by atoms with Crippen LogP contribution in [0.1, 0.15) is 36.5 Å². The van der Waals surface area contributed by atoms with Crippen molar-refractivity contribution < 1.29 is 0 Å². The standard InChI is InChI=1S/C14H14/c1-9-10(2)13-8-4-6-11-5-3-7-12(9)14(11)13/h3,5,7H,1,4,6,8H2,2H3. The molecule has 0 nitrogen and oxygen atoms in total. The van der Waals surface area contributed by atoms with Crippen molar-refractivity contribution >= 4 is 11.1 Å². The highest BCUT2D eigenvalue weighted by molar-refractivity contribution is 6.00. The van der Waals surface area contributed by atoms with Gasteiger partial charge in [-0.1, -0.05) is 24.8 Å². The van der Waals surface area contributed by atoms with Gasteiger partial charge in [0.2, 0.25) is 0 Å². The molecule has 0 spiro atoms. The minimum absolute atomic E-state index is 1.24. The van der Waals surface area contributed by atoms with Crippen LogP contribution in [0.3, 0.4) is 0 Å². The Morgan fingerprint density at radius 3 is 2.93 bits per heavy atom. The fourth-order valence-electron chi connectivity index (χ4n) is 2.76. The van der Waals surface area contributed by atoms with Crippen molar-refractivity contribution in [2.75, 3.05) is 0 Å². The molecule has 0 fully saturated rings. The Balaban J connectivity index is 2.38. The molecular formula is C14H14. The fourth-order valence-corrected chi connectivity index (χ4v) is 2.76. The molecule has 0 saturated carbocycles. The second-order valence-electron chi connectivity index (χ2n) is 4.28. The molecule has 0 amide bonds. The van der Waals surface area contributed by atoms with E-state index >= 15 is 0 Å². The third kappa shape index (κ3) is 0.836. The predicted octanol–water partition coefficient (Wildman–Crippen LogP) is 3.82. The first-order valence-corrected chi connectivity index (χ1v) is 5.30. The van der Waals surface area contributed by atoms with Crippen molar-refractivity contribution in [2.24, 2.45) is 0 Å². The van der Waals surface area contributed by atoms with E-state index in [-0.39, 0.29) is 0 Å². The lowest BCUT2D eigenvalue weighted by Crippen LogP contribution is -2.00. The quantitative estimate of drug-likeness (QED) is 0.572. The molecule has 0 unspecified atom stereocenters. The summed E-state index contributed by atoms with van der Waals surface area (Å²) < 4.78 is 0. The second-order valence-corrected chi connectivity index (χ2v) is 4.28. The van der Waals surface area contributed by atoms with Gasteiger partial charge < -0.3 is 0 Å². The van der Waals surface area contributed by atoms with Crippen LogP contribution in [0.5, 0.6) is 0 Å². The van der Waals surface area contributed by atoms with Crippen LogP contribution in [-0.4, -0.2) is 0 Å². The van der Waals surface area contributed by atoms with Gasteiger partial charge in [0.1, 0.15) is 0 Å². The summed E-state index contributed by atoms with van der Waals surface area (Å²) in [5.74, 6) is 0. The third-order valence-electron chi connectivity index (χ3n) is 3.56. The van der Waals surface area contributed by atoms with Gasteiger partial charge in [-0.2, -0.15) is 0 Å². The zero-order chi connectivity index (χ0) is 9.71. The molecule has 0 atom stereocenters. The van der Waals surface area contributed by atoms with Crippen molar-refractivity contribution in [3.8, 4) is 0 Å². The average Bonchev–Trinajstić information content (AvgIpc) is 2.47. The van der Waals surface area contributed by atoms with E-state index in [1.807, 2.05) is 0 Å². The number of allylic oxidation sites excluding steroid dienone is 3. The summed E-state index contributed by atoms with van der Waals surface area (Å²) in [4.78, 5) is 0. The molecule has 14 heavy (non-hydrogen) atoms. The van der Waals surface area contributed by atoms with Gasteiger partial charge in [-0.25, -0.2) is 0 Å². The van der Waals surface area contributed by atoms with Gasteiger partial charge in [-0.3, -0.25) is 0 Å². The van der Waals surface area contributed by atoms with Crippen LogP contribution >= 0.6 is 0 Å². The molecule has 0 bridgehead atoms. The molecule has 2 aliphatic carbocycles. The normalized spacial score (nSPS) is 18.8. The maximum atomic E-state index is 4.19. The smallest absolute Gasteiger partial charge is 0.0109 e. The number of hydrogen-bond donors (Lipinski definition) is 0. The Hall–Kier alpha value is -1.30. The minimum Gasteiger partial charge on any atom is -0.0909 e. The fraction of sp³-hybridized carbons (Fsp3) is 0.286. The SMILES string of the molecule is C=C1C(C)=C2CCCc3cccc1c32. The van der Waals surface area contributed by atoms with Crippen LogP contribution in [-0.2, 0) is 6.42 Å². The Bertz CT molecular complexity index is 461. The summed E-state index contributed by atoms with van der Waals surface area (Å²) in [5, 5.41) is 0. The van der Waals surface area contributed by atoms with Gasteiger partial charge in [0.15, 0.2) is 0 Å². The van der Waals surface area contributed by atoms with Crippen LogP contribution in [0.15, 0.2) is 30.4 Å². The zero-order valence-electron chi connectivity index (χ0n) is 8.56. The highest BCUT2D eigenvalue weighted by Crippen LogP contribution is 2.46. The maximum Gasteiger partial charge on any atom is -0.0109 e. The van der Waals surface area contributed by atoms with Crippen molar-refractivity contribution in [3.63, 3.8) is 0 Å². The van der Waals surface area contributed by atoms with E-state index in [1.54, 1.807) is 5.57 Å². The molecular weight excluding hydrogens is 168 g/mol. The number of hydrogen-bond acceptors (Lipinski definition) is 0. The maximum absolute atomic E-state index is 4.19. The van der Waals surface area contributed by atoms with Crippen LogP contribution in [0.25, 0.3) is 11.1 Å². The lowest BCUT2D eigenvalue weighted by atomic mass is 9.87. The van der Waals surface area contributed by atoms with Crippen molar-refractivity contribution in [3.05, 3.63) is 47.0 Å². The molecule has 0 N–H and O–H groups in total. The molecule has 0 aliphatic heterocycles. The van der Waals surface area contributed by atoms with E-state index in [9.17, 15) is 0 Å². The predicted molar refractivity (Wildman–Crippen MR) is 61.0 cm³/mol. The molecule has 3 rings (SSSR count). The number of benzene rings is 1. The van der Waals surface area contributed by atoms with E-state index in [1.165, 1.54) is 47.1 Å². The largest absolute Gasteiger partial charge is 0.0909 e. The highest BCUT2D eigenvalue weighted by Gasteiger charge is 2.26. The van der Waals surface area contributed by atoms with E-state index in [2.05, 4.69) is 31.7 Å². The molecule has 0 heteroatoms. The summed E-state index contributed by atoms with van der Waals surface area (Å²) in [6.07, 6.45) is 3.79. The summed E-state index contributed by atoms with van der Waals surface area (Å²) >= 11 is 0. The Kier molecular flexibility index (Phi) is 1.49. The monoisotopic (exact) mass is 182 g/mol. The van der Waals surface area contributed by atoms with Gasteiger partial charge in [-0.05, 0) is 59.6 Å². The lowest BCUT2D eigenvalue weighted by Gasteiger charge is -2.17. The summed E-state index contributed by atoms with van der Waals surface area (Å²) in [5.41, 5.74) is 8.66. The van der Waals surface area contributed by atoms with Crippen LogP contribution in [0.4, 0.5) is 0 Å². The first-order valence-electron chi connectivity index (χ1n) is 5.30. The summed E-state index contributed by atoms with van der Waals surface area (Å²) in [6.45, 7) is 6.40. The van der Waals surface area contributed by atoms with E-state index in [4.69, 9.17) is 0 Å².